The molecule has 1 aliphatic rings. The first-order valence-corrected chi connectivity index (χ1v) is 6.36. The Labute approximate surface area is 120 Å². The minimum atomic E-state index is -0.745. The summed E-state index contributed by atoms with van der Waals surface area (Å²) >= 11 is 6.03. The standard InChI is InChI=1S/C14H13ClFNO3/c1-7-12(14(19)20-2)8(6-11(18)17-7)13-9(15)4-3-5-10(13)16/h3-5,8H,6H2,1-2H3,(H,17,18)/t8-/m1/s1. The molecule has 1 aromatic carbocycles. The van der Waals surface area contributed by atoms with E-state index in [9.17, 15) is 14.0 Å². The van der Waals surface area contributed by atoms with Crippen LogP contribution >= 0.6 is 11.6 Å². The van der Waals surface area contributed by atoms with Crippen LogP contribution in [0.15, 0.2) is 29.5 Å². The van der Waals surface area contributed by atoms with Crippen LogP contribution in [-0.4, -0.2) is 19.0 Å². The molecule has 20 heavy (non-hydrogen) atoms. The fourth-order valence-electron chi connectivity index (χ4n) is 2.37. The second-order valence-corrected chi connectivity index (χ2v) is 4.88. The predicted molar refractivity (Wildman–Crippen MR) is 71.6 cm³/mol. The summed E-state index contributed by atoms with van der Waals surface area (Å²) in [6.07, 6.45) is -0.0531. The normalized spacial score (nSPS) is 18.8. The number of allylic oxidation sites excluding steroid dienone is 1. The van der Waals surface area contributed by atoms with Crippen molar-refractivity contribution in [2.24, 2.45) is 0 Å². The van der Waals surface area contributed by atoms with Gasteiger partial charge in [0, 0.05) is 28.6 Å². The van der Waals surface area contributed by atoms with E-state index in [1.165, 1.54) is 25.3 Å². The molecule has 1 atom stereocenters. The molecular formula is C14H13ClFNO3. The third kappa shape index (κ3) is 2.54. The lowest BCUT2D eigenvalue weighted by atomic mass is 9.84. The van der Waals surface area contributed by atoms with Crippen molar-refractivity contribution >= 4 is 23.5 Å². The molecule has 106 valence electrons. The van der Waals surface area contributed by atoms with E-state index in [-0.39, 0.29) is 28.5 Å². The largest absolute Gasteiger partial charge is 0.466 e. The van der Waals surface area contributed by atoms with Gasteiger partial charge >= 0.3 is 5.97 Å². The van der Waals surface area contributed by atoms with Gasteiger partial charge in [-0.1, -0.05) is 17.7 Å². The highest BCUT2D eigenvalue weighted by molar-refractivity contribution is 6.31. The summed E-state index contributed by atoms with van der Waals surface area (Å²) in [6, 6.07) is 4.24. The van der Waals surface area contributed by atoms with Crippen molar-refractivity contribution in [3.05, 3.63) is 45.9 Å². The van der Waals surface area contributed by atoms with Crippen molar-refractivity contribution in [3.8, 4) is 0 Å². The Balaban J connectivity index is 2.60. The van der Waals surface area contributed by atoms with Crippen LogP contribution in [0.2, 0.25) is 5.02 Å². The van der Waals surface area contributed by atoms with Crippen molar-refractivity contribution in [2.45, 2.75) is 19.3 Å². The van der Waals surface area contributed by atoms with Gasteiger partial charge in [0.05, 0.1) is 12.7 Å². The van der Waals surface area contributed by atoms with E-state index in [1.54, 1.807) is 6.92 Å². The number of hydrogen-bond acceptors (Lipinski definition) is 3. The van der Waals surface area contributed by atoms with Gasteiger partial charge in [-0.2, -0.15) is 0 Å². The van der Waals surface area contributed by atoms with Gasteiger partial charge in [0.25, 0.3) is 0 Å². The molecule has 0 aliphatic carbocycles. The van der Waals surface area contributed by atoms with Gasteiger partial charge in [-0.05, 0) is 19.1 Å². The molecule has 1 N–H and O–H groups in total. The average Bonchev–Trinajstić information content (AvgIpc) is 2.37. The highest BCUT2D eigenvalue weighted by atomic mass is 35.5. The first kappa shape index (κ1) is 14.5. The predicted octanol–water partition coefficient (Wildman–Crippen LogP) is 2.53. The van der Waals surface area contributed by atoms with Crippen LogP contribution in [0.25, 0.3) is 0 Å². The monoisotopic (exact) mass is 297 g/mol. The molecule has 0 bridgehead atoms. The highest BCUT2D eigenvalue weighted by Gasteiger charge is 2.35. The fraction of sp³-hybridized carbons (Fsp3) is 0.286. The second-order valence-electron chi connectivity index (χ2n) is 4.47. The molecule has 4 nitrogen and oxygen atoms in total. The minimum Gasteiger partial charge on any atom is -0.466 e. The molecule has 0 saturated heterocycles. The maximum Gasteiger partial charge on any atom is 0.336 e. The number of amides is 1. The SMILES string of the molecule is COC(=O)C1=C(C)NC(=O)C[C@H]1c1c(F)cccc1Cl. The summed E-state index contributed by atoms with van der Waals surface area (Å²) in [5.74, 6) is -2.19. The van der Waals surface area contributed by atoms with E-state index >= 15 is 0 Å². The smallest absolute Gasteiger partial charge is 0.336 e. The summed E-state index contributed by atoms with van der Waals surface area (Å²) in [5.41, 5.74) is 0.722. The third-order valence-electron chi connectivity index (χ3n) is 3.22. The Morgan fingerprint density at radius 1 is 1.50 bits per heavy atom. The molecular weight excluding hydrogens is 285 g/mol. The Hall–Kier alpha value is -1.88. The highest BCUT2D eigenvalue weighted by Crippen LogP contribution is 2.38. The first-order chi connectivity index (χ1) is 9.45. The van der Waals surface area contributed by atoms with Crippen LogP contribution in [0.5, 0.6) is 0 Å². The number of ether oxygens (including phenoxy) is 1. The molecule has 1 heterocycles. The number of carbonyl (C=O) groups is 2. The van der Waals surface area contributed by atoms with Gasteiger partial charge in [-0.15, -0.1) is 0 Å². The van der Waals surface area contributed by atoms with Gasteiger partial charge in [-0.25, -0.2) is 9.18 Å². The van der Waals surface area contributed by atoms with E-state index in [1.807, 2.05) is 0 Å². The van der Waals surface area contributed by atoms with E-state index in [0.29, 0.717) is 5.70 Å². The Morgan fingerprint density at radius 3 is 2.80 bits per heavy atom. The topological polar surface area (TPSA) is 55.4 Å². The molecule has 1 aliphatic heterocycles. The number of esters is 1. The zero-order valence-corrected chi connectivity index (χ0v) is 11.8. The van der Waals surface area contributed by atoms with Crippen LogP contribution in [0.1, 0.15) is 24.8 Å². The Bertz CT molecular complexity index is 592. The molecule has 0 saturated carbocycles. The van der Waals surface area contributed by atoms with Crippen LogP contribution in [-0.2, 0) is 14.3 Å². The summed E-state index contributed by atoms with van der Waals surface area (Å²) in [4.78, 5) is 23.6. The third-order valence-corrected chi connectivity index (χ3v) is 3.55. The summed E-state index contributed by atoms with van der Waals surface area (Å²) < 4.78 is 18.8. The lowest BCUT2D eigenvalue weighted by molar-refractivity contribution is -0.136. The summed E-state index contributed by atoms with van der Waals surface area (Å²) in [6.45, 7) is 1.57. The van der Waals surface area contributed by atoms with Crippen LogP contribution in [0, 0.1) is 5.82 Å². The molecule has 0 unspecified atom stereocenters. The molecule has 6 heteroatoms. The van der Waals surface area contributed by atoms with Gasteiger partial charge in [0.15, 0.2) is 0 Å². The van der Waals surface area contributed by atoms with E-state index in [0.717, 1.165) is 0 Å². The van der Waals surface area contributed by atoms with Gasteiger partial charge in [0.1, 0.15) is 5.82 Å². The number of methoxy groups -OCH3 is 1. The van der Waals surface area contributed by atoms with E-state index < -0.39 is 17.7 Å². The molecule has 0 spiro atoms. The molecule has 0 aromatic heterocycles. The van der Waals surface area contributed by atoms with Crippen molar-refractivity contribution in [3.63, 3.8) is 0 Å². The van der Waals surface area contributed by atoms with Crippen molar-refractivity contribution < 1.29 is 18.7 Å². The van der Waals surface area contributed by atoms with Crippen LogP contribution < -0.4 is 5.32 Å². The number of hydrogen-bond donors (Lipinski definition) is 1. The second kappa shape index (κ2) is 5.63. The molecule has 0 fully saturated rings. The van der Waals surface area contributed by atoms with Gasteiger partial charge in [0.2, 0.25) is 5.91 Å². The molecule has 1 amide bonds. The lowest BCUT2D eigenvalue weighted by Gasteiger charge is -2.27. The van der Waals surface area contributed by atoms with Gasteiger partial charge < -0.3 is 10.1 Å². The first-order valence-electron chi connectivity index (χ1n) is 5.98. The van der Waals surface area contributed by atoms with Crippen molar-refractivity contribution in [1.29, 1.82) is 0 Å². The molecule has 2 rings (SSSR count). The van der Waals surface area contributed by atoms with Crippen LogP contribution in [0.4, 0.5) is 4.39 Å². The van der Waals surface area contributed by atoms with Crippen LogP contribution in [0.3, 0.4) is 0 Å². The summed E-state index contributed by atoms with van der Waals surface area (Å²) in [5, 5.41) is 2.74. The zero-order valence-electron chi connectivity index (χ0n) is 11.0. The number of rotatable bonds is 2. The van der Waals surface area contributed by atoms with Crippen molar-refractivity contribution in [2.75, 3.05) is 7.11 Å². The maximum atomic E-state index is 14.0. The Kier molecular flexibility index (Phi) is 4.09. The summed E-state index contributed by atoms with van der Waals surface area (Å²) in [7, 11) is 1.24. The molecule has 1 aromatic rings. The van der Waals surface area contributed by atoms with Gasteiger partial charge in [-0.3, -0.25) is 4.79 Å². The van der Waals surface area contributed by atoms with E-state index in [4.69, 9.17) is 16.3 Å². The average molecular weight is 298 g/mol. The minimum absolute atomic E-state index is 0.0531. The maximum absolute atomic E-state index is 14.0. The number of benzene rings is 1. The zero-order chi connectivity index (χ0) is 14.9. The number of nitrogens with one attached hydrogen (secondary N) is 1. The fourth-order valence-corrected chi connectivity index (χ4v) is 2.67. The van der Waals surface area contributed by atoms with E-state index in [2.05, 4.69) is 5.32 Å². The quantitative estimate of drug-likeness (QED) is 0.854. The Morgan fingerprint density at radius 2 is 2.20 bits per heavy atom. The lowest BCUT2D eigenvalue weighted by Crippen LogP contribution is -2.34. The molecule has 0 radical (unpaired) electrons. The number of carbonyl (C=O) groups excluding carboxylic acids is 2. The number of halogens is 2. The van der Waals surface area contributed by atoms with Crippen molar-refractivity contribution in [1.82, 2.24) is 5.32 Å².